The molecule has 1 saturated heterocycles. The molecule has 88 valence electrons. The van der Waals surface area contributed by atoms with Crippen LogP contribution in [0.1, 0.15) is 13.3 Å². The molecule has 2 unspecified atom stereocenters. The Morgan fingerprint density at radius 3 is 2.87 bits per heavy atom. The fourth-order valence-electron chi connectivity index (χ4n) is 1.45. The van der Waals surface area contributed by atoms with Gasteiger partial charge in [-0.15, -0.1) is 0 Å². The Morgan fingerprint density at radius 1 is 1.60 bits per heavy atom. The van der Waals surface area contributed by atoms with Gasteiger partial charge in [0, 0.05) is 20.6 Å². The standard InChI is InChI=1S/C10H20N2O3/c1-8(10(13)12(2)3)11-6-9-4-5-14-7-15-9/h8-9,11H,4-7H2,1-3H3. The third kappa shape index (κ3) is 4.15. The molecule has 1 amide bonds. The molecule has 5 nitrogen and oxygen atoms in total. The first-order valence-electron chi connectivity index (χ1n) is 5.25. The monoisotopic (exact) mass is 216 g/mol. The summed E-state index contributed by atoms with van der Waals surface area (Å²) >= 11 is 0. The highest BCUT2D eigenvalue weighted by molar-refractivity contribution is 5.80. The molecule has 0 aromatic rings. The number of nitrogens with one attached hydrogen (secondary N) is 1. The molecule has 1 aliphatic heterocycles. The van der Waals surface area contributed by atoms with Crippen molar-refractivity contribution < 1.29 is 14.3 Å². The van der Waals surface area contributed by atoms with Crippen LogP contribution < -0.4 is 5.32 Å². The summed E-state index contributed by atoms with van der Waals surface area (Å²) in [6, 6.07) is -0.161. The smallest absolute Gasteiger partial charge is 0.238 e. The van der Waals surface area contributed by atoms with Crippen molar-refractivity contribution in [2.45, 2.75) is 25.5 Å². The van der Waals surface area contributed by atoms with Crippen molar-refractivity contribution in [3.8, 4) is 0 Å². The lowest BCUT2D eigenvalue weighted by atomic mass is 10.2. The number of carbonyl (C=O) groups excluding carboxylic acids is 1. The Hall–Kier alpha value is -0.650. The van der Waals surface area contributed by atoms with Crippen molar-refractivity contribution in [3.63, 3.8) is 0 Å². The van der Waals surface area contributed by atoms with Gasteiger partial charge in [-0.3, -0.25) is 4.79 Å². The SMILES string of the molecule is CC(NCC1CCOCO1)C(=O)N(C)C. The quantitative estimate of drug-likeness (QED) is 0.708. The van der Waals surface area contributed by atoms with Crippen LogP contribution in [0.25, 0.3) is 0 Å². The van der Waals surface area contributed by atoms with Crippen LogP contribution in [0.5, 0.6) is 0 Å². The van der Waals surface area contributed by atoms with Crippen molar-refractivity contribution >= 4 is 5.91 Å². The molecule has 1 aliphatic rings. The van der Waals surface area contributed by atoms with Crippen LogP contribution in [-0.4, -0.2) is 57.0 Å². The molecule has 1 rings (SSSR count). The fraction of sp³-hybridized carbons (Fsp3) is 0.900. The lowest BCUT2D eigenvalue weighted by molar-refractivity contribution is -0.139. The van der Waals surface area contributed by atoms with Crippen molar-refractivity contribution in [1.29, 1.82) is 0 Å². The van der Waals surface area contributed by atoms with Gasteiger partial charge in [0.2, 0.25) is 5.91 Å². The highest BCUT2D eigenvalue weighted by atomic mass is 16.7. The largest absolute Gasteiger partial charge is 0.355 e. The Kier molecular flexibility index (Phi) is 5.01. The van der Waals surface area contributed by atoms with E-state index in [1.165, 1.54) is 0 Å². The molecule has 0 spiro atoms. The van der Waals surface area contributed by atoms with Gasteiger partial charge in [-0.1, -0.05) is 0 Å². The van der Waals surface area contributed by atoms with Crippen molar-refractivity contribution in [2.75, 3.05) is 34.0 Å². The van der Waals surface area contributed by atoms with Gasteiger partial charge >= 0.3 is 0 Å². The summed E-state index contributed by atoms with van der Waals surface area (Å²) in [7, 11) is 3.51. The molecule has 2 atom stereocenters. The summed E-state index contributed by atoms with van der Waals surface area (Å²) in [5.74, 6) is 0.0852. The average Bonchev–Trinajstić information content (AvgIpc) is 2.26. The second-order valence-electron chi connectivity index (χ2n) is 3.97. The van der Waals surface area contributed by atoms with Crippen molar-refractivity contribution in [2.24, 2.45) is 0 Å². The maximum Gasteiger partial charge on any atom is 0.238 e. The van der Waals surface area contributed by atoms with E-state index in [0.717, 1.165) is 13.0 Å². The molecule has 1 N–H and O–H groups in total. The Bertz CT molecular complexity index is 203. The summed E-state index contributed by atoms with van der Waals surface area (Å²) < 4.78 is 10.4. The van der Waals surface area contributed by atoms with E-state index in [-0.39, 0.29) is 18.1 Å². The summed E-state index contributed by atoms with van der Waals surface area (Å²) in [6.45, 7) is 3.66. The first-order chi connectivity index (χ1) is 7.11. The third-order valence-corrected chi connectivity index (χ3v) is 2.43. The topological polar surface area (TPSA) is 50.8 Å². The fourth-order valence-corrected chi connectivity index (χ4v) is 1.45. The molecular weight excluding hydrogens is 196 g/mol. The number of likely N-dealkylation sites (N-methyl/N-ethyl adjacent to an activating group) is 1. The van der Waals surface area contributed by atoms with Crippen LogP contribution in [-0.2, 0) is 14.3 Å². The van der Waals surface area contributed by atoms with Gasteiger partial charge in [0.15, 0.2) is 0 Å². The minimum atomic E-state index is -0.161. The maximum atomic E-state index is 11.5. The van der Waals surface area contributed by atoms with Gasteiger partial charge in [0.05, 0.1) is 18.8 Å². The predicted molar refractivity (Wildman–Crippen MR) is 56.5 cm³/mol. The number of hydrogen-bond acceptors (Lipinski definition) is 4. The first-order valence-corrected chi connectivity index (χ1v) is 5.25. The highest BCUT2D eigenvalue weighted by Gasteiger charge is 2.18. The molecule has 0 saturated carbocycles. The second kappa shape index (κ2) is 6.05. The van der Waals surface area contributed by atoms with E-state index in [1.807, 2.05) is 6.92 Å². The van der Waals surface area contributed by atoms with E-state index in [2.05, 4.69) is 5.32 Å². The summed E-state index contributed by atoms with van der Waals surface area (Å²) in [5.41, 5.74) is 0. The van der Waals surface area contributed by atoms with Gasteiger partial charge < -0.3 is 19.7 Å². The zero-order chi connectivity index (χ0) is 11.3. The lowest BCUT2D eigenvalue weighted by Crippen LogP contribution is -2.45. The van der Waals surface area contributed by atoms with Gasteiger partial charge in [-0.25, -0.2) is 0 Å². The lowest BCUT2D eigenvalue weighted by Gasteiger charge is -2.25. The molecule has 0 radical (unpaired) electrons. The molecule has 0 aliphatic carbocycles. The minimum Gasteiger partial charge on any atom is -0.355 e. The van der Waals surface area contributed by atoms with Gasteiger partial charge in [-0.2, -0.15) is 0 Å². The van der Waals surface area contributed by atoms with E-state index in [1.54, 1.807) is 19.0 Å². The van der Waals surface area contributed by atoms with Crippen LogP contribution in [0.2, 0.25) is 0 Å². The normalized spacial score (nSPS) is 23.5. The van der Waals surface area contributed by atoms with E-state index >= 15 is 0 Å². The summed E-state index contributed by atoms with van der Waals surface area (Å²) in [5, 5.41) is 3.16. The molecule has 0 bridgehead atoms. The van der Waals surface area contributed by atoms with Gasteiger partial charge in [0.25, 0.3) is 0 Å². The molecule has 1 heterocycles. The van der Waals surface area contributed by atoms with Gasteiger partial charge in [-0.05, 0) is 13.3 Å². The van der Waals surface area contributed by atoms with E-state index in [0.29, 0.717) is 13.3 Å². The zero-order valence-electron chi connectivity index (χ0n) is 9.66. The molecule has 0 aromatic carbocycles. The van der Waals surface area contributed by atoms with Gasteiger partial charge in [0.1, 0.15) is 6.79 Å². The Balaban J connectivity index is 2.20. The molecule has 1 fully saturated rings. The summed E-state index contributed by atoms with van der Waals surface area (Å²) in [4.78, 5) is 13.1. The third-order valence-electron chi connectivity index (χ3n) is 2.43. The van der Waals surface area contributed by atoms with E-state index < -0.39 is 0 Å². The number of ether oxygens (including phenoxy) is 2. The Morgan fingerprint density at radius 2 is 2.33 bits per heavy atom. The minimum absolute atomic E-state index is 0.0852. The number of hydrogen-bond donors (Lipinski definition) is 1. The van der Waals surface area contributed by atoms with Crippen LogP contribution in [0.4, 0.5) is 0 Å². The molecule has 5 heteroatoms. The van der Waals surface area contributed by atoms with Crippen LogP contribution in [0.3, 0.4) is 0 Å². The van der Waals surface area contributed by atoms with Crippen LogP contribution >= 0.6 is 0 Å². The van der Waals surface area contributed by atoms with E-state index in [4.69, 9.17) is 9.47 Å². The zero-order valence-corrected chi connectivity index (χ0v) is 9.66. The second-order valence-corrected chi connectivity index (χ2v) is 3.97. The number of nitrogens with zero attached hydrogens (tertiary/aromatic N) is 1. The van der Waals surface area contributed by atoms with Crippen LogP contribution in [0.15, 0.2) is 0 Å². The Labute approximate surface area is 90.7 Å². The van der Waals surface area contributed by atoms with Crippen molar-refractivity contribution in [1.82, 2.24) is 10.2 Å². The maximum absolute atomic E-state index is 11.5. The molecular formula is C10H20N2O3. The number of carbonyl (C=O) groups is 1. The summed E-state index contributed by atoms with van der Waals surface area (Å²) in [6.07, 6.45) is 1.05. The average molecular weight is 216 g/mol. The predicted octanol–water partition coefficient (Wildman–Crippen LogP) is -0.184. The highest BCUT2D eigenvalue weighted by Crippen LogP contribution is 2.04. The number of rotatable bonds is 4. The van der Waals surface area contributed by atoms with Crippen LogP contribution in [0, 0.1) is 0 Å². The molecule has 15 heavy (non-hydrogen) atoms. The molecule has 0 aromatic heterocycles. The van der Waals surface area contributed by atoms with E-state index in [9.17, 15) is 4.79 Å². The number of amides is 1. The van der Waals surface area contributed by atoms with Crippen molar-refractivity contribution in [3.05, 3.63) is 0 Å². The first kappa shape index (κ1) is 12.4.